The fourth-order valence-corrected chi connectivity index (χ4v) is 4.21. The van der Waals surface area contributed by atoms with Gasteiger partial charge in [-0.2, -0.15) is 0 Å². The Kier molecular flexibility index (Phi) is 3.54. The fraction of sp³-hybridized carbons (Fsp3) is 0.263. The lowest BCUT2D eigenvalue weighted by atomic mass is 9.76. The Labute approximate surface area is 144 Å². The molecule has 0 aromatic heterocycles. The summed E-state index contributed by atoms with van der Waals surface area (Å²) in [6.45, 7) is 2.10. The summed E-state index contributed by atoms with van der Waals surface area (Å²) in [4.78, 5) is 0. The summed E-state index contributed by atoms with van der Waals surface area (Å²) in [5, 5.41) is 4.61. The molecule has 0 spiro atoms. The van der Waals surface area contributed by atoms with E-state index in [-0.39, 0.29) is 0 Å². The minimum atomic E-state index is 0.331. The van der Waals surface area contributed by atoms with Gasteiger partial charge in [-0.1, -0.05) is 57.9 Å². The fourth-order valence-electron chi connectivity index (χ4n) is 3.79. The van der Waals surface area contributed by atoms with E-state index >= 15 is 0 Å². The molecule has 1 aliphatic carbocycles. The van der Waals surface area contributed by atoms with Crippen LogP contribution in [-0.2, 0) is 0 Å². The zero-order valence-electron chi connectivity index (χ0n) is 12.3. The molecule has 0 amide bonds. The van der Waals surface area contributed by atoms with Crippen LogP contribution in [0.15, 0.2) is 53.0 Å². The summed E-state index contributed by atoms with van der Waals surface area (Å²) in [6, 6.07) is 13.2. The van der Waals surface area contributed by atoms with Crippen LogP contribution in [0.3, 0.4) is 0 Å². The summed E-state index contributed by atoms with van der Waals surface area (Å²) in [7, 11) is 0. The monoisotopic (exact) mass is 373 g/mol. The zero-order valence-corrected chi connectivity index (χ0v) is 14.7. The number of rotatable bonds is 1. The van der Waals surface area contributed by atoms with Crippen molar-refractivity contribution < 1.29 is 0 Å². The molecule has 4 rings (SSSR count). The van der Waals surface area contributed by atoms with Crippen molar-refractivity contribution in [2.45, 2.75) is 25.3 Å². The molecule has 0 fully saturated rings. The van der Waals surface area contributed by atoms with Crippen molar-refractivity contribution in [1.82, 2.24) is 0 Å². The molecule has 0 unspecified atom stereocenters. The maximum Gasteiger partial charge on any atom is 0.0554 e. The molecular formula is C19H17BrClN. The maximum absolute atomic E-state index is 6.34. The molecule has 0 radical (unpaired) electrons. The van der Waals surface area contributed by atoms with Gasteiger partial charge in [-0.25, -0.2) is 0 Å². The van der Waals surface area contributed by atoms with Gasteiger partial charge in [-0.3, -0.25) is 0 Å². The normalized spacial score (nSPS) is 25.5. The van der Waals surface area contributed by atoms with E-state index in [1.165, 1.54) is 16.8 Å². The molecule has 22 heavy (non-hydrogen) atoms. The second-order valence-electron chi connectivity index (χ2n) is 6.16. The van der Waals surface area contributed by atoms with Gasteiger partial charge in [0.2, 0.25) is 0 Å². The lowest BCUT2D eigenvalue weighted by Crippen LogP contribution is -2.29. The van der Waals surface area contributed by atoms with Crippen LogP contribution in [0.5, 0.6) is 0 Å². The molecule has 2 aliphatic rings. The number of allylic oxidation sites excluding steroid dienone is 2. The summed E-state index contributed by atoms with van der Waals surface area (Å²) in [5.41, 5.74) is 5.09. The molecule has 1 N–H and O–H groups in total. The van der Waals surface area contributed by atoms with Gasteiger partial charge in [0.25, 0.3) is 0 Å². The van der Waals surface area contributed by atoms with Gasteiger partial charge in [0.15, 0.2) is 0 Å². The lowest BCUT2D eigenvalue weighted by Gasteiger charge is -2.38. The van der Waals surface area contributed by atoms with Gasteiger partial charge in [0.05, 0.1) is 6.04 Å². The molecule has 0 saturated carbocycles. The van der Waals surface area contributed by atoms with Crippen molar-refractivity contribution >= 4 is 33.2 Å². The number of hydrogen-bond acceptors (Lipinski definition) is 1. The van der Waals surface area contributed by atoms with Crippen LogP contribution in [-0.4, -0.2) is 0 Å². The number of benzene rings is 2. The van der Waals surface area contributed by atoms with E-state index in [1.807, 2.05) is 6.07 Å². The highest BCUT2D eigenvalue weighted by atomic mass is 79.9. The average Bonchev–Trinajstić information content (AvgIpc) is 3.01. The zero-order chi connectivity index (χ0) is 15.3. The largest absolute Gasteiger partial charge is 0.377 e. The molecule has 2 aromatic rings. The highest BCUT2D eigenvalue weighted by molar-refractivity contribution is 9.10. The third-order valence-corrected chi connectivity index (χ3v) is 5.90. The SMILES string of the molecule is Cc1c(Cl)ccc2c1N[C@H](c1ccc(Br)cc1)[C@H]1CC=C[C@H]21. The first kappa shape index (κ1) is 14.3. The molecule has 112 valence electrons. The quantitative estimate of drug-likeness (QED) is 0.583. The number of halogens is 2. The summed E-state index contributed by atoms with van der Waals surface area (Å²) >= 11 is 9.86. The Bertz CT molecular complexity index is 751. The molecule has 2 aromatic carbocycles. The van der Waals surface area contributed by atoms with E-state index < -0.39 is 0 Å². The predicted molar refractivity (Wildman–Crippen MR) is 96.7 cm³/mol. The highest BCUT2D eigenvalue weighted by Crippen LogP contribution is 2.51. The second kappa shape index (κ2) is 5.43. The van der Waals surface area contributed by atoms with Gasteiger partial charge in [0, 0.05) is 21.1 Å². The number of fused-ring (bicyclic) bond motifs is 3. The van der Waals surface area contributed by atoms with Gasteiger partial charge < -0.3 is 5.32 Å². The van der Waals surface area contributed by atoms with E-state index in [0.29, 0.717) is 17.9 Å². The first-order valence-electron chi connectivity index (χ1n) is 7.63. The first-order valence-corrected chi connectivity index (χ1v) is 8.80. The molecule has 0 bridgehead atoms. The van der Waals surface area contributed by atoms with Crippen molar-refractivity contribution in [2.75, 3.05) is 5.32 Å². The van der Waals surface area contributed by atoms with Crippen LogP contribution in [0.25, 0.3) is 0 Å². The van der Waals surface area contributed by atoms with Gasteiger partial charge in [0.1, 0.15) is 0 Å². The predicted octanol–water partition coefficient (Wildman–Crippen LogP) is 6.24. The van der Waals surface area contributed by atoms with Crippen LogP contribution < -0.4 is 5.32 Å². The summed E-state index contributed by atoms with van der Waals surface area (Å²) < 4.78 is 1.12. The van der Waals surface area contributed by atoms with Crippen LogP contribution in [0, 0.1) is 12.8 Å². The van der Waals surface area contributed by atoms with Crippen molar-refractivity contribution in [1.29, 1.82) is 0 Å². The van der Waals surface area contributed by atoms with Crippen molar-refractivity contribution in [3.05, 3.63) is 74.7 Å². The average molecular weight is 375 g/mol. The third kappa shape index (κ3) is 2.21. The van der Waals surface area contributed by atoms with E-state index in [1.54, 1.807) is 0 Å². The smallest absolute Gasteiger partial charge is 0.0554 e. The molecule has 1 nitrogen and oxygen atoms in total. The Morgan fingerprint density at radius 1 is 1.14 bits per heavy atom. The minimum Gasteiger partial charge on any atom is -0.377 e. The molecular weight excluding hydrogens is 358 g/mol. The van der Waals surface area contributed by atoms with E-state index in [9.17, 15) is 0 Å². The van der Waals surface area contributed by atoms with Gasteiger partial charge >= 0.3 is 0 Å². The van der Waals surface area contributed by atoms with E-state index in [2.05, 4.69) is 70.7 Å². The first-order chi connectivity index (χ1) is 10.6. The van der Waals surface area contributed by atoms with E-state index in [0.717, 1.165) is 21.5 Å². The Hall–Kier alpha value is -1.25. The van der Waals surface area contributed by atoms with Crippen molar-refractivity contribution in [2.24, 2.45) is 5.92 Å². The van der Waals surface area contributed by atoms with Crippen LogP contribution in [0.1, 0.15) is 35.1 Å². The molecule has 1 heterocycles. The lowest BCUT2D eigenvalue weighted by molar-refractivity contribution is 0.425. The molecule has 1 aliphatic heterocycles. The third-order valence-electron chi connectivity index (χ3n) is 4.96. The summed E-state index contributed by atoms with van der Waals surface area (Å²) in [6.07, 6.45) is 5.81. The maximum atomic E-state index is 6.34. The number of anilines is 1. The minimum absolute atomic E-state index is 0.331. The van der Waals surface area contributed by atoms with Crippen LogP contribution in [0.4, 0.5) is 5.69 Å². The van der Waals surface area contributed by atoms with Crippen LogP contribution >= 0.6 is 27.5 Å². The number of nitrogens with one attached hydrogen (secondary N) is 1. The van der Waals surface area contributed by atoms with Gasteiger partial charge in [-0.15, -0.1) is 0 Å². The number of hydrogen-bond donors (Lipinski definition) is 1. The standard InChI is InChI=1S/C19H17BrClN/c1-11-17(21)10-9-16-14-3-2-4-15(14)19(22-18(11)16)12-5-7-13(20)8-6-12/h2-3,5-10,14-15,19,22H,4H2,1H3/t14-,15-,19+/m0/s1. The molecule has 3 atom stereocenters. The van der Waals surface area contributed by atoms with E-state index in [4.69, 9.17) is 11.6 Å². The highest BCUT2D eigenvalue weighted by Gasteiger charge is 2.38. The van der Waals surface area contributed by atoms with Crippen molar-refractivity contribution in [3.63, 3.8) is 0 Å². The molecule has 0 saturated heterocycles. The Morgan fingerprint density at radius 2 is 1.91 bits per heavy atom. The van der Waals surface area contributed by atoms with Gasteiger partial charge in [-0.05, 0) is 54.2 Å². The summed E-state index contributed by atoms with van der Waals surface area (Å²) in [5.74, 6) is 1.06. The second-order valence-corrected chi connectivity index (χ2v) is 7.49. The van der Waals surface area contributed by atoms with Crippen LogP contribution in [0.2, 0.25) is 5.02 Å². The topological polar surface area (TPSA) is 12.0 Å². The molecule has 3 heteroatoms. The Morgan fingerprint density at radius 3 is 2.68 bits per heavy atom. The Balaban J connectivity index is 1.82. The van der Waals surface area contributed by atoms with Crippen molar-refractivity contribution in [3.8, 4) is 0 Å².